The van der Waals surface area contributed by atoms with Crippen molar-refractivity contribution in [2.45, 2.75) is 42.1 Å². The fourth-order valence-electron chi connectivity index (χ4n) is 2.20. The molecule has 1 atom stereocenters. The van der Waals surface area contributed by atoms with Crippen LogP contribution in [0.3, 0.4) is 0 Å². The Labute approximate surface area is 184 Å². The van der Waals surface area contributed by atoms with Crippen LogP contribution < -0.4 is 0 Å². The van der Waals surface area contributed by atoms with Crippen LogP contribution in [-0.2, 0) is 14.3 Å². The molecule has 0 amide bonds. The lowest BCUT2D eigenvalue weighted by molar-refractivity contribution is -0.137. The number of ether oxygens (including phenoxy) is 1. The van der Waals surface area contributed by atoms with Gasteiger partial charge < -0.3 is 9.84 Å². The fourth-order valence-corrected chi connectivity index (χ4v) is 4.01. The molecular formula is C22H26F2O4S2. The first-order valence-electron chi connectivity index (χ1n) is 9.31. The highest BCUT2D eigenvalue weighted by Crippen LogP contribution is 2.21. The smallest absolute Gasteiger partial charge is 0.303 e. The predicted molar refractivity (Wildman–Crippen MR) is 117 cm³/mol. The minimum Gasteiger partial charge on any atom is -0.481 e. The number of carbonyl (C=O) groups excluding carboxylic acids is 1. The van der Waals surface area contributed by atoms with Gasteiger partial charge in [0, 0.05) is 35.5 Å². The standard InChI is InChI=1S/C12H15FO2S.C10H11FO2S/c1-9(14)7-11(15-2)8-16-12-5-3-10(13)4-6-12;11-8-3-5-9(6-4-8)14-7-1-2-10(12)13/h3-6,11H,7-8H2,1-2H3;3-6H,1-2,7H2,(H,12,13). The molecule has 1 N–H and O–H groups in total. The normalized spacial score (nSPS) is 11.3. The second-order valence-corrected chi connectivity index (χ2v) is 8.59. The van der Waals surface area contributed by atoms with Crippen molar-refractivity contribution in [2.75, 3.05) is 18.6 Å². The number of benzene rings is 2. The number of hydrogen-bond acceptors (Lipinski definition) is 5. The summed E-state index contributed by atoms with van der Waals surface area (Å²) in [6.45, 7) is 1.55. The maximum absolute atomic E-state index is 12.6. The number of carboxylic acids is 1. The second kappa shape index (κ2) is 15.0. The third-order valence-corrected chi connectivity index (χ3v) is 5.96. The minimum absolute atomic E-state index is 0.0763. The zero-order valence-electron chi connectivity index (χ0n) is 17.0. The van der Waals surface area contributed by atoms with E-state index in [1.54, 1.807) is 61.8 Å². The Hall–Kier alpha value is -1.90. The van der Waals surface area contributed by atoms with E-state index in [2.05, 4.69) is 0 Å². The molecule has 0 saturated carbocycles. The number of ketones is 1. The molecule has 0 fully saturated rings. The van der Waals surface area contributed by atoms with Gasteiger partial charge in [-0.1, -0.05) is 0 Å². The molecule has 8 heteroatoms. The summed E-state index contributed by atoms with van der Waals surface area (Å²) >= 11 is 3.10. The van der Waals surface area contributed by atoms with Gasteiger partial charge in [0.2, 0.25) is 0 Å². The van der Waals surface area contributed by atoms with Crippen molar-refractivity contribution in [1.82, 2.24) is 0 Å². The van der Waals surface area contributed by atoms with E-state index < -0.39 is 5.97 Å². The summed E-state index contributed by atoms with van der Waals surface area (Å²) in [5.74, 6) is 0.298. The van der Waals surface area contributed by atoms with Crippen LogP contribution in [0, 0.1) is 11.6 Å². The number of rotatable bonds is 11. The van der Waals surface area contributed by atoms with Crippen molar-refractivity contribution in [1.29, 1.82) is 0 Å². The van der Waals surface area contributed by atoms with Gasteiger partial charge in [-0.05, 0) is 67.6 Å². The second-order valence-electron chi connectivity index (χ2n) is 6.33. The minimum atomic E-state index is -0.773. The molecule has 0 aliphatic heterocycles. The molecule has 164 valence electrons. The van der Waals surface area contributed by atoms with Crippen molar-refractivity contribution in [3.63, 3.8) is 0 Å². The summed E-state index contributed by atoms with van der Waals surface area (Å²) in [6.07, 6.45) is 1.17. The van der Waals surface area contributed by atoms with Crippen LogP contribution in [0.4, 0.5) is 8.78 Å². The molecule has 2 rings (SSSR count). The van der Waals surface area contributed by atoms with E-state index in [1.807, 2.05) is 0 Å². The summed E-state index contributed by atoms with van der Waals surface area (Å²) in [5, 5.41) is 8.39. The van der Waals surface area contributed by atoms with Crippen LogP contribution in [0.15, 0.2) is 58.3 Å². The topological polar surface area (TPSA) is 63.6 Å². The van der Waals surface area contributed by atoms with Crippen molar-refractivity contribution in [3.05, 3.63) is 60.2 Å². The van der Waals surface area contributed by atoms with Crippen molar-refractivity contribution in [3.8, 4) is 0 Å². The number of aliphatic carboxylic acids is 1. The Morgan fingerprint density at radius 3 is 1.90 bits per heavy atom. The SMILES string of the molecule is COC(CSc1ccc(F)cc1)CC(C)=O.O=C(O)CCCSc1ccc(F)cc1. The maximum Gasteiger partial charge on any atom is 0.303 e. The van der Waals surface area contributed by atoms with Gasteiger partial charge in [-0.25, -0.2) is 8.78 Å². The lowest BCUT2D eigenvalue weighted by Gasteiger charge is -2.12. The van der Waals surface area contributed by atoms with Crippen LogP contribution >= 0.6 is 23.5 Å². The first-order valence-corrected chi connectivity index (χ1v) is 11.3. The Bertz CT molecular complexity index is 768. The van der Waals surface area contributed by atoms with Gasteiger partial charge in [0.1, 0.15) is 17.4 Å². The lowest BCUT2D eigenvalue weighted by atomic mass is 10.2. The fraction of sp³-hybridized carbons (Fsp3) is 0.364. The largest absolute Gasteiger partial charge is 0.481 e. The highest BCUT2D eigenvalue weighted by molar-refractivity contribution is 7.99. The molecule has 0 bridgehead atoms. The Balaban J connectivity index is 0.000000303. The van der Waals surface area contributed by atoms with E-state index in [-0.39, 0.29) is 29.9 Å². The van der Waals surface area contributed by atoms with Gasteiger partial charge in [-0.3, -0.25) is 9.59 Å². The average Bonchev–Trinajstić information content (AvgIpc) is 2.71. The van der Waals surface area contributed by atoms with Crippen molar-refractivity contribution in [2.24, 2.45) is 0 Å². The molecule has 0 spiro atoms. The van der Waals surface area contributed by atoms with E-state index in [4.69, 9.17) is 9.84 Å². The van der Waals surface area contributed by atoms with Gasteiger partial charge in [-0.2, -0.15) is 0 Å². The Kier molecular flexibility index (Phi) is 13.1. The molecule has 30 heavy (non-hydrogen) atoms. The number of carboxylic acid groups (broad SMARTS) is 1. The molecule has 0 saturated heterocycles. The third kappa shape index (κ3) is 12.6. The van der Waals surface area contributed by atoms with E-state index in [1.165, 1.54) is 24.3 Å². The van der Waals surface area contributed by atoms with Crippen LogP contribution in [0.1, 0.15) is 26.2 Å². The van der Waals surface area contributed by atoms with E-state index in [0.717, 1.165) is 15.5 Å². The first kappa shape index (κ1) is 26.1. The third-order valence-electron chi connectivity index (χ3n) is 3.72. The van der Waals surface area contributed by atoms with Crippen LogP contribution in [0.25, 0.3) is 0 Å². The molecule has 1 unspecified atom stereocenters. The monoisotopic (exact) mass is 456 g/mol. The van der Waals surface area contributed by atoms with Crippen LogP contribution in [0.5, 0.6) is 0 Å². The molecule has 2 aromatic carbocycles. The van der Waals surface area contributed by atoms with E-state index >= 15 is 0 Å². The molecule has 0 aliphatic carbocycles. The zero-order chi connectivity index (χ0) is 22.4. The molecule has 0 radical (unpaired) electrons. The van der Waals surface area contributed by atoms with Crippen molar-refractivity contribution >= 4 is 35.3 Å². The molecule has 0 heterocycles. The zero-order valence-corrected chi connectivity index (χ0v) is 18.6. The Morgan fingerprint density at radius 2 is 1.47 bits per heavy atom. The van der Waals surface area contributed by atoms with Crippen LogP contribution in [0.2, 0.25) is 0 Å². The van der Waals surface area contributed by atoms with Crippen molar-refractivity contribution < 1.29 is 28.2 Å². The molecule has 0 aliphatic rings. The van der Waals surface area contributed by atoms with Gasteiger partial charge in [0.25, 0.3) is 0 Å². The number of thioether (sulfide) groups is 2. The number of Topliss-reactive ketones (excluding diaryl/α,β-unsaturated/α-hetero) is 1. The molecule has 0 aromatic heterocycles. The summed E-state index contributed by atoms with van der Waals surface area (Å²) in [6, 6.07) is 12.5. The summed E-state index contributed by atoms with van der Waals surface area (Å²) in [5.41, 5.74) is 0. The van der Waals surface area contributed by atoms with Gasteiger partial charge in [0.05, 0.1) is 6.10 Å². The average molecular weight is 457 g/mol. The number of carbonyl (C=O) groups is 2. The summed E-state index contributed by atoms with van der Waals surface area (Å²) < 4.78 is 30.3. The van der Waals surface area contributed by atoms with Gasteiger partial charge in [0.15, 0.2) is 0 Å². The summed E-state index contributed by atoms with van der Waals surface area (Å²) in [4.78, 5) is 23.1. The predicted octanol–water partition coefficient (Wildman–Crippen LogP) is 5.69. The number of halogens is 2. The number of methoxy groups -OCH3 is 1. The molecular weight excluding hydrogens is 430 g/mol. The molecule has 2 aromatic rings. The summed E-state index contributed by atoms with van der Waals surface area (Å²) in [7, 11) is 1.60. The lowest BCUT2D eigenvalue weighted by Crippen LogP contribution is -2.17. The van der Waals surface area contributed by atoms with E-state index in [9.17, 15) is 18.4 Å². The highest BCUT2D eigenvalue weighted by Gasteiger charge is 2.10. The van der Waals surface area contributed by atoms with Crippen LogP contribution in [-0.4, -0.2) is 41.6 Å². The first-order chi connectivity index (χ1) is 14.3. The number of hydrogen-bond donors (Lipinski definition) is 1. The highest BCUT2D eigenvalue weighted by atomic mass is 32.2. The van der Waals surface area contributed by atoms with Gasteiger partial charge >= 0.3 is 5.97 Å². The van der Waals surface area contributed by atoms with Gasteiger partial charge in [-0.15, -0.1) is 23.5 Å². The Morgan fingerprint density at radius 1 is 0.967 bits per heavy atom. The quantitative estimate of drug-likeness (QED) is 0.346. The van der Waals surface area contributed by atoms with E-state index in [0.29, 0.717) is 18.6 Å². The molecule has 4 nitrogen and oxygen atoms in total. The maximum atomic E-state index is 12.6.